The highest BCUT2D eigenvalue weighted by molar-refractivity contribution is 7.07. The van der Waals surface area contributed by atoms with Crippen molar-refractivity contribution >= 4 is 18.4 Å². The molecule has 0 spiro atoms. The molecule has 1 aliphatic rings. The van der Waals surface area contributed by atoms with Crippen LogP contribution < -0.4 is 10.4 Å². The third-order valence-corrected chi connectivity index (χ3v) is 8.73. The molecular weight excluding hydrogens is 268 g/mol. The maximum absolute atomic E-state index is 2.45. The monoisotopic (exact) mass is 288 g/mol. The van der Waals surface area contributed by atoms with E-state index >= 15 is 0 Å². The standard InChI is InChI=1S/C20H20Si/c1-21(19-14-8-4-9-15-19,20-16-10-5-11-17-20)18-12-6-2-3-7-13-18/h2,4-17H,3H2,1H3. The Kier molecular flexibility index (Phi) is 4.02. The molecular formula is C20H20Si. The highest BCUT2D eigenvalue weighted by Gasteiger charge is 2.34. The van der Waals surface area contributed by atoms with Gasteiger partial charge in [0.25, 0.3) is 0 Å². The molecule has 0 unspecified atom stereocenters. The molecule has 0 bridgehead atoms. The van der Waals surface area contributed by atoms with Gasteiger partial charge in [-0.25, -0.2) is 0 Å². The first kappa shape index (κ1) is 13.8. The summed E-state index contributed by atoms with van der Waals surface area (Å²) in [6, 6.07) is 21.9. The molecule has 0 saturated heterocycles. The lowest BCUT2D eigenvalue weighted by Crippen LogP contribution is -2.57. The molecule has 104 valence electrons. The van der Waals surface area contributed by atoms with Crippen molar-refractivity contribution in [3.05, 3.63) is 96.2 Å². The van der Waals surface area contributed by atoms with Crippen molar-refractivity contribution in [2.24, 2.45) is 0 Å². The van der Waals surface area contributed by atoms with E-state index in [1.54, 1.807) is 0 Å². The van der Waals surface area contributed by atoms with Gasteiger partial charge in [0.15, 0.2) is 0 Å². The van der Waals surface area contributed by atoms with E-state index < -0.39 is 8.07 Å². The summed E-state index contributed by atoms with van der Waals surface area (Å²) in [7, 11) is -1.91. The number of hydrogen-bond acceptors (Lipinski definition) is 0. The molecule has 0 nitrogen and oxygen atoms in total. The van der Waals surface area contributed by atoms with Gasteiger partial charge in [-0.3, -0.25) is 0 Å². The Hall–Kier alpha value is -2.12. The van der Waals surface area contributed by atoms with Crippen molar-refractivity contribution in [2.75, 3.05) is 0 Å². The predicted molar refractivity (Wildman–Crippen MR) is 94.8 cm³/mol. The van der Waals surface area contributed by atoms with E-state index in [1.807, 2.05) is 0 Å². The third-order valence-electron chi connectivity index (χ3n) is 4.26. The molecule has 0 fully saturated rings. The summed E-state index contributed by atoms with van der Waals surface area (Å²) in [5, 5.41) is 4.39. The molecule has 0 heterocycles. The van der Waals surface area contributed by atoms with Gasteiger partial charge in [-0.2, -0.15) is 0 Å². The normalized spacial score (nSPS) is 14.6. The SMILES string of the molecule is C[Si](C1=CC=CCC=C1)(c1ccccc1)c1ccccc1. The molecule has 1 aliphatic carbocycles. The van der Waals surface area contributed by atoms with Crippen molar-refractivity contribution in [3.63, 3.8) is 0 Å². The van der Waals surface area contributed by atoms with Gasteiger partial charge in [0.2, 0.25) is 0 Å². The molecule has 0 aliphatic heterocycles. The second-order valence-electron chi connectivity index (χ2n) is 5.55. The van der Waals surface area contributed by atoms with Gasteiger partial charge in [0.1, 0.15) is 8.07 Å². The fourth-order valence-electron chi connectivity index (χ4n) is 2.96. The fraction of sp³-hybridized carbons (Fsp3) is 0.100. The van der Waals surface area contributed by atoms with Gasteiger partial charge in [-0.05, 0) is 22.0 Å². The van der Waals surface area contributed by atoms with E-state index in [0.29, 0.717) is 0 Å². The number of hydrogen-bond donors (Lipinski definition) is 0. The molecule has 2 aromatic rings. The molecule has 0 aromatic heterocycles. The zero-order valence-electron chi connectivity index (χ0n) is 12.4. The Balaban J connectivity index is 2.20. The van der Waals surface area contributed by atoms with Crippen LogP contribution in [0.25, 0.3) is 0 Å². The molecule has 21 heavy (non-hydrogen) atoms. The lowest BCUT2D eigenvalue weighted by atomic mass is 10.4. The lowest BCUT2D eigenvalue weighted by Gasteiger charge is -2.30. The third kappa shape index (κ3) is 2.70. The number of rotatable bonds is 3. The zero-order chi connectivity index (χ0) is 14.5. The number of benzene rings is 2. The first-order valence-electron chi connectivity index (χ1n) is 7.47. The van der Waals surface area contributed by atoms with Gasteiger partial charge in [-0.1, -0.05) is 97.6 Å². The zero-order valence-corrected chi connectivity index (χ0v) is 13.4. The molecule has 0 radical (unpaired) electrons. The van der Waals surface area contributed by atoms with Crippen LogP contribution in [-0.2, 0) is 0 Å². The van der Waals surface area contributed by atoms with Gasteiger partial charge in [0, 0.05) is 0 Å². The molecule has 0 atom stereocenters. The van der Waals surface area contributed by atoms with E-state index in [2.05, 4.69) is 97.6 Å². The predicted octanol–water partition coefficient (Wildman–Crippen LogP) is 3.86. The van der Waals surface area contributed by atoms with Crippen LogP contribution in [0, 0.1) is 0 Å². The van der Waals surface area contributed by atoms with E-state index in [-0.39, 0.29) is 0 Å². The smallest absolute Gasteiger partial charge is 0.0808 e. The summed E-state index contributed by atoms with van der Waals surface area (Å²) in [6.45, 7) is 2.45. The second-order valence-corrected chi connectivity index (χ2v) is 9.53. The Labute approximate surface area is 128 Å². The van der Waals surface area contributed by atoms with E-state index in [4.69, 9.17) is 0 Å². The minimum Gasteiger partial charge on any atom is -0.0808 e. The Morgan fingerprint density at radius 2 is 1.33 bits per heavy atom. The van der Waals surface area contributed by atoms with Crippen LogP contribution in [0.5, 0.6) is 0 Å². The topological polar surface area (TPSA) is 0 Å². The Bertz CT molecular complexity index is 639. The van der Waals surface area contributed by atoms with Gasteiger partial charge >= 0.3 is 0 Å². The molecule has 0 amide bonds. The second kappa shape index (κ2) is 6.11. The van der Waals surface area contributed by atoms with Gasteiger partial charge < -0.3 is 0 Å². The van der Waals surface area contributed by atoms with Crippen LogP contribution in [0.2, 0.25) is 6.55 Å². The molecule has 0 N–H and O–H groups in total. The fourth-order valence-corrected chi connectivity index (χ4v) is 6.55. The first-order chi connectivity index (χ1) is 10.3. The van der Waals surface area contributed by atoms with E-state index in [0.717, 1.165) is 6.42 Å². The Morgan fingerprint density at radius 3 is 1.90 bits per heavy atom. The lowest BCUT2D eigenvalue weighted by molar-refractivity contribution is 1.40. The van der Waals surface area contributed by atoms with Crippen molar-refractivity contribution in [3.8, 4) is 0 Å². The van der Waals surface area contributed by atoms with Crippen LogP contribution >= 0.6 is 0 Å². The summed E-state index contributed by atoms with van der Waals surface area (Å²) in [5.41, 5.74) is 0. The summed E-state index contributed by atoms with van der Waals surface area (Å²) in [4.78, 5) is 0. The average Bonchev–Trinajstić information content (AvgIpc) is 2.85. The summed E-state index contributed by atoms with van der Waals surface area (Å²) in [5.74, 6) is 0. The molecule has 2 aromatic carbocycles. The van der Waals surface area contributed by atoms with Gasteiger partial charge in [-0.15, -0.1) is 0 Å². The molecule has 3 rings (SSSR count). The van der Waals surface area contributed by atoms with Crippen LogP contribution in [0.4, 0.5) is 0 Å². The molecule has 1 heteroatoms. The van der Waals surface area contributed by atoms with Crippen LogP contribution in [0.3, 0.4) is 0 Å². The van der Waals surface area contributed by atoms with Crippen LogP contribution in [0.1, 0.15) is 6.42 Å². The van der Waals surface area contributed by atoms with Crippen molar-refractivity contribution < 1.29 is 0 Å². The first-order valence-corrected chi connectivity index (χ1v) is 9.97. The maximum Gasteiger partial charge on any atom is 0.145 e. The van der Waals surface area contributed by atoms with Crippen molar-refractivity contribution in [2.45, 2.75) is 13.0 Å². The van der Waals surface area contributed by atoms with E-state index in [1.165, 1.54) is 15.6 Å². The van der Waals surface area contributed by atoms with Crippen LogP contribution in [-0.4, -0.2) is 8.07 Å². The minimum absolute atomic E-state index is 1.02. The summed E-state index contributed by atoms with van der Waals surface area (Å²) >= 11 is 0. The maximum atomic E-state index is 2.45. The van der Waals surface area contributed by atoms with E-state index in [9.17, 15) is 0 Å². The quantitative estimate of drug-likeness (QED) is 0.752. The number of allylic oxidation sites excluding steroid dienone is 6. The largest absolute Gasteiger partial charge is 0.145 e. The van der Waals surface area contributed by atoms with Crippen molar-refractivity contribution in [1.29, 1.82) is 0 Å². The highest BCUT2D eigenvalue weighted by Crippen LogP contribution is 2.19. The molecule has 0 saturated carbocycles. The summed E-state index contributed by atoms with van der Waals surface area (Å²) in [6.07, 6.45) is 12.3. The van der Waals surface area contributed by atoms with Crippen LogP contribution in [0.15, 0.2) is 96.2 Å². The average molecular weight is 288 g/mol. The minimum atomic E-state index is -1.91. The van der Waals surface area contributed by atoms with Gasteiger partial charge in [0.05, 0.1) is 0 Å². The highest BCUT2D eigenvalue weighted by atomic mass is 28.3. The Morgan fingerprint density at radius 1 is 0.762 bits per heavy atom. The van der Waals surface area contributed by atoms with Crippen molar-refractivity contribution in [1.82, 2.24) is 0 Å². The summed E-state index contributed by atoms with van der Waals surface area (Å²) < 4.78 is 0.